The fourth-order valence-electron chi connectivity index (χ4n) is 1.90. The van der Waals surface area contributed by atoms with E-state index in [1.54, 1.807) is 24.3 Å². The van der Waals surface area contributed by atoms with Crippen LogP contribution >= 0.6 is 11.6 Å². The van der Waals surface area contributed by atoms with Crippen LogP contribution in [0.15, 0.2) is 65.1 Å². The summed E-state index contributed by atoms with van der Waals surface area (Å²) < 4.78 is 5.40. The summed E-state index contributed by atoms with van der Waals surface area (Å²) in [5.41, 5.74) is 1.53. The first-order chi connectivity index (χ1) is 11.2. The van der Waals surface area contributed by atoms with E-state index in [0.717, 1.165) is 5.56 Å². The Balaban J connectivity index is 1.68. The topological polar surface area (TPSA) is 68.0 Å². The number of halogens is 1. The normalized spacial score (nSPS) is 10.8. The Labute approximate surface area is 137 Å². The first-order valence-corrected chi connectivity index (χ1v) is 7.23. The SMILES string of the molecule is O=C(/C=C/c1ccccc1)Nc1nnc(-c2ccccc2Cl)o1. The van der Waals surface area contributed by atoms with E-state index in [9.17, 15) is 4.79 Å². The van der Waals surface area contributed by atoms with E-state index < -0.39 is 0 Å². The molecule has 6 heteroatoms. The minimum atomic E-state index is -0.358. The highest BCUT2D eigenvalue weighted by Gasteiger charge is 2.12. The second-order valence-corrected chi connectivity index (χ2v) is 5.03. The van der Waals surface area contributed by atoms with Crippen LogP contribution < -0.4 is 5.32 Å². The molecule has 23 heavy (non-hydrogen) atoms. The van der Waals surface area contributed by atoms with Gasteiger partial charge in [-0.2, -0.15) is 0 Å². The highest BCUT2D eigenvalue weighted by molar-refractivity contribution is 6.33. The highest BCUT2D eigenvalue weighted by Crippen LogP contribution is 2.27. The van der Waals surface area contributed by atoms with Gasteiger partial charge in [0.05, 0.1) is 10.6 Å². The Bertz CT molecular complexity index is 844. The summed E-state index contributed by atoms with van der Waals surface area (Å²) in [4.78, 5) is 11.8. The van der Waals surface area contributed by atoms with E-state index in [1.165, 1.54) is 6.08 Å². The van der Waals surface area contributed by atoms with E-state index in [0.29, 0.717) is 10.6 Å². The summed E-state index contributed by atoms with van der Waals surface area (Å²) >= 11 is 6.07. The zero-order chi connectivity index (χ0) is 16.1. The van der Waals surface area contributed by atoms with Crippen LogP contribution in [0.1, 0.15) is 5.56 Å². The van der Waals surface area contributed by atoms with Crippen molar-refractivity contribution in [3.05, 3.63) is 71.3 Å². The van der Waals surface area contributed by atoms with Crippen LogP contribution in [-0.4, -0.2) is 16.1 Å². The van der Waals surface area contributed by atoms with Crippen LogP contribution in [0.25, 0.3) is 17.5 Å². The zero-order valence-corrected chi connectivity index (χ0v) is 12.7. The van der Waals surface area contributed by atoms with Gasteiger partial charge in [-0.15, -0.1) is 5.10 Å². The molecule has 0 aliphatic carbocycles. The predicted octanol–water partition coefficient (Wildman–Crippen LogP) is 4.04. The van der Waals surface area contributed by atoms with Gasteiger partial charge in [-0.1, -0.05) is 59.2 Å². The van der Waals surface area contributed by atoms with Crippen LogP contribution in [0.5, 0.6) is 0 Å². The number of anilines is 1. The lowest BCUT2D eigenvalue weighted by molar-refractivity contribution is -0.112. The molecule has 0 fully saturated rings. The van der Waals surface area contributed by atoms with E-state index >= 15 is 0 Å². The van der Waals surface area contributed by atoms with Crippen LogP contribution in [0, 0.1) is 0 Å². The molecule has 0 atom stereocenters. The second kappa shape index (κ2) is 6.89. The fraction of sp³-hybridized carbons (Fsp3) is 0. The van der Waals surface area contributed by atoms with E-state index in [4.69, 9.17) is 16.0 Å². The average molecular weight is 326 g/mol. The van der Waals surface area contributed by atoms with Crippen molar-refractivity contribution in [2.45, 2.75) is 0 Å². The van der Waals surface area contributed by atoms with E-state index in [2.05, 4.69) is 15.5 Å². The largest absolute Gasteiger partial charge is 0.403 e. The molecular formula is C17H12ClN3O2. The van der Waals surface area contributed by atoms with Crippen molar-refractivity contribution >= 4 is 29.6 Å². The molecule has 114 valence electrons. The van der Waals surface area contributed by atoms with Gasteiger partial charge in [-0.05, 0) is 23.8 Å². The van der Waals surface area contributed by atoms with Crippen molar-refractivity contribution in [2.24, 2.45) is 0 Å². The van der Waals surface area contributed by atoms with Crippen molar-refractivity contribution in [1.29, 1.82) is 0 Å². The minimum absolute atomic E-state index is 0.0163. The Morgan fingerprint density at radius 2 is 1.78 bits per heavy atom. The van der Waals surface area contributed by atoms with Crippen molar-refractivity contribution in [1.82, 2.24) is 10.2 Å². The maximum Gasteiger partial charge on any atom is 0.322 e. The first kappa shape index (κ1) is 15.0. The number of nitrogens with zero attached hydrogens (tertiary/aromatic N) is 2. The Morgan fingerprint density at radius 1 is 1.04 bits per heavy atom. The fourth-order valence-corrected chi connectivity index (χ4v) is 2.12. The summed E-state index contributed by atoms with van der Waals surface area (Å²) in [5.74, 6) is -0.110. The maximum atomic E-state index is 11.8. The molecule has 0 bridgehead atoms. The molecule has 0 radical (unpaired) electrons. The summed E-state index contributed by atoms with van der Waals surface area (Å²) in [6.45, 7) is 0. The molecule has 0 aliphatic heterocycles. The lowest BCUT2D eigenvalue weighted by atomic mass is 10.2. The first-order valence-electron chi connectivity index (χ1n) is 6.85. The van der Waals surface area contributed by atoms with Crippen molar-refractivity contribution in [3.63, 3.8) is 0 Å². The van der Waals surface area contributed by atoms with E-state index in [1.807, 2.05) is 36.4 Å². The third-order valence-electron chi connectivity index (χ3n) is 2.99. The number of aromatic nitrogens is 2. The second-order valence-electron chi connectivity index (χ2n) is 4.63. The Morgan fingerprint density at radius 3 is 2.57 bits per heavy atom. The molecule has 5 nitrogen and oxygen atoms in total. The van der Waals surface area contributed by atoms with Gasteiger partial charge in [0.25, 0.3) is 11.8 Å². The molecule has 2 aromatic carbocycles. The van der Waals surface area contributed by atoms with Gasteiger partial charge in [0.2, 0.25) is 0 Å². The smallest absolute Gasteiger partial charge is 0.322 e. The lowest BCUT2D eigenvalue weighted by Crippen LogP contribution is -2.07. The van der Waals surface area contributed by atoms with Gasteiger partial charge in [-0.25, -0.2) is 0 Å². The third kappa shape index (κ3) is 3.84. The van der Waals surface area contributed by atoms with Crippen LogP contribution in [0.2, 0.25) is 5.02 Å². The molecule has 0 saturated heterocycles. The molecule has 1 amide bonds. The molecule has 1 heterocycles. The number of carbonyl (C=O) groups excluding carboxylic acids is 1. The molecule has 3 rings (SSSR count). The molecule has 0 spiro atoms. The highest BCUT2D eigenvalue weighted by atomic mass is 35.5. The third-order valence-corrected chi connectivity index (χ3v) is 3.32. The summed E-state index contributed by atoms with van der Waals surface area (Å²) in [6.07, 6.45) is 3.09. The maximum absolute atomic E-state index is 11.8. The van der Waals surface area contributed by atoms with Gasteiger partial charge in [0.1, 0.15) is 0 Å². The van der Waals surface area contributed by atoms with Crippen LogP contribution in [0.4, 0.5) is 6.01 Å². The van der Waals surface area contributed by atoms with E-state index in [-0.39, 0.29) is 17.8 Å². The molecule has 3 aromatic rings. The van der Waals surface area contributed by atoms with Gasteiger partial charge in [0, 0.05) is 6.08 Å². The summed E-state index contributed by atoms with van der Waals surface area (Å²) in [6, 6.07) is 16.6. The number of amides is 1. The number of hydrogen-bond donors (Lipinski definition) is 1. The average Bonchev–Trinajstić information content (AvgIpc) is 3.02. The Hall–Kier alpha value is -2.92. The summed E-state index contributed by atoms with van der Waals surface area (Å²) in [5, 5.41) is 10.7. The number of benzene rings is 2. The quantitative estimate of drug-likeness (QED) is 0.735. The van der Waals surface area contributed by atoms with Crippen LogP contribution in [-0.2, 0) is 4.79 Å². The lowest BCUT2D eigenvalue weighted by Gasteiger charge is -1.97. The van der Waals surface area contributed by atoms with Gasteiger partial charge in [-0.3, -0.25) is 10.1 Å². The number of nitrogens with one attached hydrogen (secondary N) is 1. The standard InChI is InChI=1S/C17H12ClN3O2/c18-14-9-5-4-8-13(14)16-20-21-17(23-16)19-15(22)11-10-12-6-2-1-3-7-12/h1-11H,(H,19,21,22)/b11-10+. The molecule has 0 aliphatic rings. The monoisotopic (exact) mass is 325 g/mol. The van der Waals surface area contributed by atoms with Crippen LogP contribution in [0.3, 0.4) is 0 Å². The number of rotatable bonds is 4. The van der Waals surface area contributed by atoms with Crippen molar-refractivity contribution < 1.29 is 9.21 Å². The minimum Gasteiger partial charge on any atom is -0.403 e. The molecule has 0 unspecified atom stereocenters. The predicted molar refractivity (Wildman–Crippen MR) is 88.8 cm³/mol. The Kier molecular flexibility index (Phi) is 4.49. The molecule has 1 N–H and O–H groups in total. The van der Waals surface area contributed by atoms with Crippen molar-refractivity contribution in [2.75, 3.05) is 5.32 Å². The zero-order valence-electron chi connectivity index (χ0n) is 11.9. The van der Waals surface area contributed by atoms with Gasteiger partial charge >= 0.3 is 6.01 Å². The van der Waals surface area contributed by atoms with Gasteiger partial charge < -0.3 is 4.42 Å². The number of hydrogen-bond acceptors (Lipinski definition) is 4. The molecular weight excluding hydrogens is 314 g/mol. The van der Waals surface area contributed by atoms with Gasteiger partial charge in [0.15, 0.2) is 0 Å². The molecule has 0 saturated carbocycles. The number of carbonyl (C=O) groups is 1. The summed E-state index contributed by atoms with van der Waals surface area (Å²) in [7, 11) is 0. The molecule has 1 aromatic heterocycles. The van der Waals surface area contributed by atoms with Crippen molar-refractivity contribution in [3.8, 4) is 11.5 Å².